The highest BCUT2D eigenvalue weighted by atomic mass is 15.1. The standard InChI is InChI=1S/C43H30N2/c1-3-14-30(15-4-1)43(38-22-10-7-18-34(38)35-19-8-11-23-39(35)43)31-26-28-33(29-27-31)45(32-16-5-2-6-17-32)41-25-13-21-37-36-20-9-12-24-40(36)44-42(37)41/h1-29,44H. The van der Waals surface area contributed by atoms with Gasteiger partial charge in [0.15, 0.2) is 0 Å². The summed E-state index contributed by atoms with van der Waals surface area (Å²) in [5.41, 5.74) is 13.0. The lowest BCUT2D eigenvalue weighted by molar-refractivity contribution is 0.768. The third kappa shape index (κ3) is 3.76. The van der Waals surface area contributed by atoms with Gasteiger partial charge < -0.3 is 9.88 Å². The molecule has 0 bridgehead atoms. The van der Waals surface area contributed by atoms with Gasteiger partial charge in [0, 0.05) is 27.7 Å². The first kappa shape index (κ1) is 25.6. The van der Waals surface area contributed by atoms with E-state index in [1.54, 1.807) is 0 Å². The Morgan fingerprint density at radius 1 is 0.400 bits per heavy atom. The highest BCUT2D eigenvalue weighted by Crippen LogP contribution is 2.56. The lowest BCUT2D eigenvalue weighted by Crippen LogP contribution is -2.28. The number of aromatic nitrogens is 1. The molecule has 0 atom stereocenters. The molecular formula is C43H30N2. The van der Waals surface area contributed by atoms with Gasteiger partial charge in [-0.05, 0) is 69.8 Å². The maximum atomic E-state index is 3.73. The number of aromatic amines is 1. The number of hydrogen-bond donors (Lipinski definition) is 1. The van der Waals surface area contributed by atoms with E-state index in [1.165, 1.54) is 44.2 Å². The molecule has 0 spiro atoms. The number of nitrogens with zero attached hydrogens (tertiary/aromatic N) is 1. The molecule has 0 fully saturated rings. The number of rotatable bonds is 5. The molecule has 45 heavy (non-hydrogen) atoms. The van der Waals surface area contributed by atoms with Crippen LogP contribution in [0.3, 0.4) is 0 Å². The van der Waals surface area contributed by atoms with Crippen molar-refractivity contribution < 1.29 is 0 Å². The lowest BCUT2D eigenvalue weighted by atomic mass is 9.68. The molecule has 0 saturated heterocycles. The molecule has 1 heterocycles. The fourth-order valence-corrected chi connectivity index (χ4v) is 7.62. The van der Waals surface area contributed by atoms with Crippen molar-refractivity contribution in [2.75, 3.05) is 4.90 Å². The van der Waals surface area contributed by atoms with Crippen LogP contribution in [0, 0.1) is 0 Å². The second-order valence-electron chi connectivity index (χ2n) is 11.8. The number of benzene rings is 7. The van der Waals surface area contributed by atoms with Crippen LogP contribution in [0.1, 0.15) is 22.3 Å². The van der Waals surface area contributed by atoms with Gasteiger partial charge in [-0.1, -0.05) is 140 Å². The van der Waals surface area contributed by atoms with E-state index < -0.39 is 5.41 Å². The van der Waals surface area contributed by atoms with Gasteiger partial charge >= 0.3 is 0 Å². The maximum Gasteiger partial charge on any atom is 0.0713 e. The van der Waals surface area contributed by atoms with Gasteiger partial charge in [-0.15, -0.1) is 0 Å². The third-order valence-electron chi connectivity index (χ3n) is 9.49. The Balaban J connectivity index is 1.27. The molecule has 0 saturated carbocycles. The minimum Gasteiger partial charge on any atom is -0.353 e. The Morgan fingerprint density at radius 2 is 0.933 bits per heavy atom. The predicted octanol–water partition coefficient (Wildman–Crippen LogP) is 11.2. The summed E-state index contributed by atoms with van der Waals surface area (Å²) >= 11 is 0. The minimum atomic E-state index is -0.415. The first-order valence-corrected chi connectivity index (χ1v) is 15.5. The van der Waals surface area contributed by atoms with E-state index >= 15 is 0 Å². The molecule has 2 heteroatoms. The van der Waals surface area contributed by atoms with Crippen LogP contribution < -0.4 is 4.90 Å². The van der Waals surface area contributed by atoms with Crippen molar-refractivity contribution in [3.8, 4) is 11.1 Å². The second-order valence-corrected chi connectivity index (χ2v) is 11.8. The van der Waals surface area contributed by atoms with E-state index in [-0.39, 0.29) is 0 Å². The van der Waals surface area contributed by atoms with Crippen LogP contribution in [0.2, 0.25) is 0 Å². The number of para-hydroxylation sites is 3. The Labute approximate surface area is 262 Å². The molecule has 1 aliphatic carbocycles. The van der Waals surface area contributed by atoms with E-state index in [9.17, 15) is 0 Å². The monoisotopic (exact) mass is 574 g/mol. The van der Waals surface area contributed by atoms with Crippen LogP contribution in [0.5, 0.6) is 0 Å². The summed E-state index contributed by atoms with van der Waals surface area (Å²) in [6.45, 7) is 0. The summed E-state index contributed by atoms with van der Waals surface area (Å²) in [4.78, 5) is 6.10. The lowest BCUT2D eigenvalue weighted by Gasteiger charge is -2.34. The highest BCUT2D eigenvalue weighted by Gasteiger charge is 2.45. The zero-order valence-electron chi connectivity index (χ0n) is 24.7. The third-order valence-corrected chi connectivity index (χ3v) is 9.49. The van der Waals surface area contributed by atoms with Gasteiger partial charge in [0.2, 0.25) is 0 Å². The highest BCUT2D eigenvalue weighted by molar-refractivity contribution is 6.12. The Kier molecular flexibility index (Phi) is 5.76. The maximum absolute atomic E-state index is 3.73. The number of nitrogens with one attached hydrogen (secondary N) is 1. The fraction of sp³-hybridized carbons (Fsp3) is 0.0233. The molecule has 9 rings (SSSR count). The quantitative estimate of drug-likeness (QED) is 0.217. The molecule has 0 amide bonds. The van der Waals surface area contributed by atoms with Crippen LogP contribution >= 0.6 is 0 Å². The van der Waals surface area contributed by atoms with Crippen molar-refractivity contribution >= 4 is 38.9 Å². The van der Waals surface area contributed by atoms with E-state index in [4.69, 9.17) is 0 Å². The number of H-pyrrole nitrogens is 1. The van der Waals surface area contributed by atoms with E-state index in [2.05, 4.69) is 186 Å². The predicted molar refractivity (Wildman–Crippen MR) is 188 cm³/mol. The Morgan fingerprint density at radius 3 is 1.64 bits per heavy atom. The average Bonchev–Trinajstić information content (AvgIpc) is 3.65. The molecule has 7 aromatic carbocycles. The Bertz CT molecular complexity index is 2270. The Hall–Kier alpha value is -5.86. The van der Waals surface area contributed by atoms with Crippen molar-refractivity contribution in [2.24, 2.45) is 0 Å². The van der Waals surface area contributed by atoms with Crippen LogP contribution in [0.4, 0.5) is 17.1 Å². The smallest absolute Gasteiger partial charge is 0.0713 e. The largest absolute Gasteiger partial charge is 0.353 e. The van der Waals surface area contributed by atoms with Crippen molar-refractivity contribution in [2.45, 2.75) is 5.41 Å². The van der Waals surface area contributed by atoms with E-state index in [1.807, 2.05) is 0 Å². The number of anilines is 3. The molecule has 2 nitrogen and oxygen atoms in total. The first-order valence-electron chi connectivity index (χ1n) is 15.5. The summed E-state index contributed by atoms with van der Waals surface area (Å²) in [6, 6.07) is 63.9. The van der Waals surface area contributed by atoms with Crippen LogP contribution in [0.15, 0.2) is 176 Å². The van der Waals surface area contributed by atoms with Crippen molar-refractivity contribution in [3.63, 3.8) is 0 Å². The average molecular weight is 575 g/mol. The van der Waals surface area contributed by atoms with Crippen LogP contribution in [-0.2, 0) is 5.41 Å². The molecule has 212 valence electrons. The van der Waals surface area contributed by atoms with Crippen molar-refractivity contribution in [1.29, 1.82) is 0 Å². The zero-order valence-corrected chi connectivity index (χ0v) is 24.7. The molecule has 0 radical (unpaired) electrons. The molecule has 0 unspecified atom stereocenters. The van der Waals surface area contributed by atoms with Gasteiger partial charge in [-0.3, -0.25) is 0 Å². The molecule has 1 N–H and O–H groups in total. The van der Waals surface area contributed by atoms with Gasteiger partial charge in [-0.2, -0.15) is 0 Å². The minimum absolute atomic E-state index is 0.415. The number of fused-ring (bicyclic) bond motifs is 6. The van der Waals surface area contributed by atoms with E-state index in [0.717, 1.165) is 28.1 Å². The summed E-state index contributed by atoms with van der Waals surface area (Å²) in [6.07, 6.45) is 0. The van der Waals surface area contributed by atoms with E-state index in [0.29, 0.717) is 0 Å². The van der Waals surface area contributed by atoms with Gasteiger partial charge in [-0.25, -0.2) is 0 Å². The zero-order chi connectivity index (χ0) is 29.8. The van der Waals surface area contributed by atoms with Crippen molar-refractivity contribution in [1.82, 2.24) is 4.98 Å². The molecule has 1 aromatic heterocycles. The molecule has 8 aromatic rings. The summed E-state index contributed by atoms with van der Waals surface area (Å²) < 4.78 is 0. The summed E-state index contributed by atoms with van der Waals surface area (Å²) in [5, 5.41) is 2.46. The SMILES string of the molecule is c1ccc(N(c2ccc(C3(c4ccccc4)c4ccccc4-c4ccccc43)cc2)c2cccc3c2[nH]c2ccccc23)cc1. The topological polar surface area (TPSA) is 19.0 Å². The van der Waals surface area contributed by atoms with Gasteiger partial charge in [0.05, 0.1) is 16.6 Å². The molecule has 1 aliphatic rings. The van der Waals surface area contributed by atoms with Gasteiger partial charge in [0.1, 0.15) is 0 Å². The normalized spacial score (nSPS) is 13.1. The fourth-order valence-electron chi connectivity index (χ4n) is 7.62. The van der Waals surface area contributed by atoms with Crippen LogP contribution in [-0.4, -0.2) is 4.98 Å². The van der Waals surface area contributed by atoms with Crippen LogP contribution in [0.25, 0.3) is 32.9 Å². The molecule has 0 aliphatic heterocycles. The van der Waals surface area contributed by atoms with Crippen molar-refractivity contribution in [3.05, 3.63) is 198 Å². The second kappa shape index (κ2) is 10.1. The molecular weight excluding hydrogens is 544 g/mol. The number of hydrogen-bond acceptors (Lipinski definition) is 1. The first-order chi connectivity index (χ1) is 22.3. The summed E-state index contributed by atoms with van der Waals surface area (Å²) in [5.74, 6) is 0. The van der Waals surface area contributed by atoms with Gasteiger partial charge in [0.25, 0.3) is 0 Å². The summed E-state index contributed by atoms with van der Waals surface area (Å²) in [7, 11) is 0.